The molecule has 0 saturated heterocycles. The number of nitrogens with two attached hydrogens (primary N) is 1. The summed E-state index contributed by atoms with van der Waals surface area (Å²) in [6.07, 6.45) is 5.32. The number of aryl methyl sites for hydroxylation is 1. The van der Waals surface area contributed by atoms with E-state index in [0.29, 0.717) is 17.8 Å². The van der Waals surface area contributed by atoms with Gasteiger partial charge < -0.3 is 20.5 Å². The lowest BCUT2D eigenvalue weighted by molar-refractivity contribution is 0.0771. The van der Waals surface area contributed by atoms with E-state index in [4.69, 9.17) is 21.0 Å². The molecule has 1 aliphatic rings. The molecule has 2 aromatic carbocycles. The summed E-state index contributed by atoms with van der Waals surface area (Å²) in [5, 5.41) is 15.0. The number of amidine groups is 1. The molecule has 0 bridgehead atoms. The van der Waals surface area contributed by atoms with Gasteiger partial charge in [0.2, 0.25) is 5.78 Å². The average Bonchev–Trinajstić information content (AvgIpc) is 3.63. The molecule has 0 aliphatic heterocycles. The van der Waals surface area contributed by atoms with E-state index >= 15 is 0 Å². The van der Waals surface area contributed by atoms with Crippen LogP contribution >= 0.6 is 0 Å². The fraction of sp³-hybridized carbons (Fsp3) is 0.222. The highest BCUT2D eigenvalue weighted by atomic mass is 16.6. The van der Waals surface area contributed by atoms with E-state index in [1.165, 1.54) is 0 Å². The topological polar surface area (TPSA) is 131 Å². The lowest BCUT2D eigenvalue weighted by Gasteiger charge is -2.10. The number of carbonyl (C=O) groups is 1. The molecule has 4 aromatic rings. The largest absolute Gasteiger partial charge is 0.388 e. The van der Waals surface area contributed by atoms with E-state index in [2.05, 4.69) is 38.2 Å². The number of fused-ring (bicyclic) bond motifs is 1. The summed E-state index contributed by atoms with van der Waals surface area (Å²) in [6.45, 7) is 0.418. The summed E-state index contributed by atoms with van der Waals surface area (Å²) >= 11 is 0. The van der Waals surface area contributed by atoms with E-state index in [-0.39, 0.29) is 23.6 Å². The number of nitrogen functional groups attached to an aromatic ring is 1. The monoisotopic (exact) mass is 481 g/mol. The van der Waals surface area contributed by atoms with E-state index in [0.717, 1.165) is 41.0 Å². The molecule has 1 fully saturated rings. The van der Waals surface area contributed by atoms with Gasteiger partial charge in [-0.05, 0) is 66.9 Å². The number of pyridine rings is 1. The number of imidazole rings is 1. The number of nitrogens with one attached hydrogen (secondary N) is 2. The average molecular weight is 482 g/mol. The van der Waals surface area contributed by atoms with Gasteiger partial charge in [-0.25, -0.2) is 4.98 Å². The third kappa shape index (κ3) is 4.81. The smallest absolute Gasteiger partial charge is 0.221 e. The highest BCUT2D eigenvalue weighted by Crippen LogP contribution is 2.47. The zero-order valence-electron chi connectivity index (χ0n) is 19.9. The summed E-state index contributed by atoms with van der Waals surface area (Å²) in [4.78, 5) is 26.3. The molecule has 182 valence electrons. The Balaban J connectivity index is 1.24. The van der Waals surface area contributed by atoms with Crippen LogP contribution in [0.5, 0.6) is 0 Å². The van der Waals surface area contributed by atoms with Gasteiger partial charge in [0.05, 0.1) is 23.8 Å². The Morgan fingerprint density at radius 2 is 2.03 bits per heavy atom. The molecule has 2 aromatic heterocycles. The van der Waals surface area contributed by atoms with Gasteiger partial charge >= 0.3 is 0 Å². The molecule has 0 unspecified atom stereocenters. The van der Waals surface area contributed by atoms with Crippen molar-refractivity contribution in [1.82, 2.24) is 14.5 Å². The Morgan fingerprint density at radius 3 is 2.72 bits per heavy atom. The van der Waals surface area contributed by atoms with Gasteiger partial charge in [0.1, 0.15) is 17.4 Å². The van der Waals surface area contributed by atoms with Crippen molar-refractivity contribution >= 4 is 34.6 Å². The Bertz CT molecular complexity index is 1440. The molecule has 9 nitrogen and oxygen atoms in total. The molecule has 9 heteroatoms. The zero-order valence-corrected chi connectivity index (χ0v) is 19.9. The summed E-state index contributed by atoms with van der Waals surface area (Å²) < 4.78 is 2.08. The summed E-state index contributed by atoms with van der Waals surface area (Å²) in [5.41, 5.74) is 10.4. The number of benzene rings is 2. The number of oxime groups is 1. The third-order valence-electron chi connectivity index (χ3n) is 6.50. The predicted octanol–water partition coefficient (Wildman–Crippen LogP) is 3.78. The van der Waals surface area contributed by atoms with Crippen LogP contribution in [0.25, 0.3) is 11.0 Å². The Morgan fingerprint density at radius 1 is 1.22 bits per heavy atom. The third-order valence-corrected chi connectivity index (χ3v) is 6.50. The number of Topliss-reactive ketones (excluding diaryl/α,β-unsaturated/α-hetero) is 1. The van der Waals surface area contributed by atoms with Crippen molar-refractivity contribution in [2.24, 2.45) is 17.9 Å². The van der Waals surface area contributed by atoms with Crippen LogP contribution in [0.4, 0.5) is 5.69 Å². The second-order valence-electron chi connectivity index (χ2n) is 8.94. The van der Waals surface area contributed by atoms with Crippen LogP contribution in [0, 0.1) is 5.41 Å². The molecule has 5 rings (SSSR count). The van der Waals surface area contributed by atoms with Crippen molar-refractivity contribution in [1.29, 1.82) is 5.41 Å². The fourth-order valence-electron chi connectivity index (χ4n) is 4.13. The number of nitrogens with zero attached hydrogens (tertiary/aromatic N) is 4. The maximum Gasteiger partial charge on any atom is 0.221 e. The van der Waals surface area contributed by atoms with E-state index in [1.54, 1.807) is 30.6 Å². The molecule has 1 saturated carbocycles. The fourth-order valence-corrected chi connectivity index (χ4v) is 4.13. The van der Waals surface area contributed by atoms with Crippen molar-refractivity contribution in [3.05, 3.63) is 89.5 Å². The second kappa shape index (κ2) is 9.61. The van der Waals surface area contributed by atoms with Crippen molar-refractivity contribution in [2.45, 2.75) is 24.8 Å². The van der Waals surface area contributed by atoms with E-state index in [1.807, 2.05) is 31.3 Å². The number of ketones is 1. The number of carbonyl (C=O) groups excluding carboxylic acids is 1. The number of aromatic nitrogens is 3. The van der Waals surface area contributed by atoms with Crippen LogP contribution in [0.15, 0.2) is 72.0 Å². The minimum absolute atomic E-state index is 0.0516. The van der Waals surface area contributed by atoms with Crippen LogP contribution in [-0.4, -0.2) is 39.0 Å². The number of anilines is 1. The van der Waals surface area contributed by atoms with Crippen LogP contribution in [0.2, 0.25) is 0 Å². The maximum atomic E-state index is 12.1. The number of rotatable bonds is 10. The molecule has 36 heavy (non-hydrogen) atoms. The molecule has 2 heterocycles. The van der Waals surface area contributed by atoms with Gasteiger partial charge in [-0.1, -0.05) is 17.3 Å². The van der Waals surface area contributed by atoms with Gasteiger partial charge in [-0.3, -0.25) is 15.2 Å². The van der Waals surface area contributed by atoms with Gasteiger partial charge in [0.15, 0.2) is 6.61 Å². The van der Waals surface area contributed by atoms with Crippen LogP contribution in [-0.2, 0) is 23.8 Å². The summed E-state index contributed by atoms with van der Waals surface area (Å²) in [6, 6.07) is 18.9. The minimum atomic E-state index is -0.205. The van der Waals surface area contributed by atoms with Crippen LogP contribution < -0.4 is 11.1 Å². The highest BCUT2D eigenvalue weighted by molar-refractivity contribution is 5.95. The van der Waals surface area contributed by atoms with Gasteiger partial charge in [-0.15, -0.1) is 0 Å². The van der Waals surface area contributed by atoms with Crippen LogP contribution in [0.3, 0.4) is 0 Å². The molecule has 0 spiro atoms. The standard InChI is InChI=1S/C27H27N7O2/c1-34-23-10-7-19(27(11-12-27)17-32-36-16-24(35)21-4-2-3-13-30-21)14-22(23)33-25(34)15-31-20-8-5-18(6-9-20)26(28)29/h2-10,13-14,17,31H,11-12,15-16H2,1H3,(H3,28,29)/b32-17+. The first-order valence-corrected chi connectivity index (χ1v) is 11.7. The minimum Gasteiger partial charge on any atom is -0.388 e. The summed E-state index contributed by atoms with van der Waals surface area (Å²) in [5.74, 6) is 0.756. The van der Waals surface area contributed by atoms with E-state index in [9.17, 15) is 4.79 Å². The Labute approximate surface area is 208 Å². The van der Waals surface area contributed by atoms with Gasteiger partial charge in [0, 0.05) is 29.9 Å². The van der Waals surface area contributed by atoms with Crippen LogP contribution in [0.1, 0.15) is 40.3 Å². The highest BCUT2D eigenvalue weighted by Gasteiger charge is 2.43. The molecule has 4 N–H and O–H groups in total. The summed E-state index contributed by atoms with van der Waals surface area (Å²) in [7, 11) is 2.01. The first-order chi connectivity index (χ1) is 17.4. The van der Waals surface area contributed by atoms with Crippen molar-refractivity contribution < 1.29 is 9.63 Å². The predicted molar refractivity (Wildman–Crippen MR) is 139 cm³/mol. The molecule has 1 aliphatic carbocycles. The number of hydrogen-bond donors (Lipinski definition) is 3. The molecular weight excluding hydrogens is 454 g/mol. The van der Waals surface area contributed by atoms with Crippen molar-refractivity contribution in [3.8, 4) is 0 Å². The molecule has 0 radical (unpaired) electrons. The Kier molecular flexibility index (Phi) is 6.20. The first-order valence-electron chi connectivity index (χ1n) is 11.7. The van der Waals surface area contributed by atoms with E-state index < -0.39 is 0 Å². The molecular formula is C27H27N7O2. The molecule has 0 amide bonds. The lowest BCUT2D eigenvalue weighted by atomic mass is 9.97. The normalized spacial score (nSPS) is 14.1. The quantitative estimate of drug-likeness (QED) is 0.137. The van der Waals surface area contributed by atoms with Crippen molar-refractivity contribution in [3.63, 3.8) is 0 Å². The van der Waals surface area contributed by atoms with Crippen molar-refractivity contribution in [2.75, 3.05) is 11.9 Å². The first kappa shape index (κ1) is 23.2. The second-order valence-corrected chi connectivity index (χ2v) is 8.94. The zero-order chi connectivity index (χ0) is 25.1. The Hall–Kier alpha value is -4.53. The SMILES string of the molecule is Cn1c(CNc2ccc(C(=N)N)cc2)nc2cc(C3(/C=N/OCC(=O)c4ccccn4)CC3)ccc21. The lowest BCUT2D eigenvalue weighted by Crippen LogP contribution is -2.11. The molecule has 0 atom stereocenters. The maximum absolute atomic E-state index is 12.1. The van der Waals surface area contributed by atoms with Gasteiger partial charge in [-0.2, -0.15) is 0 Å². The van der Waals surface area contributed by atoms with Gasteiger partial charge in [0.25, 0.3) is 0 Å². The number of hydrogen-bond acceptors (Lipinski definition) is 7.